The Morgan fingerprint density at radius 1 is 0.967 bits per heavy atom. The van der Waals surface area contributed by atoms with Crippen molar-refractivity contribution in [2.75, 3.05) is 38.1 Å². The highest BCUT2D eigenvalue weighted by molar-refractivity contribution is 5.76. The number of H-pyrrole nitrogens is 1. The summed E-state index contributed by atoms with van der Waals surface area (Å²) in [6.07, 6.45) is 2.47. The number of para-hydroxylation sites is 1. The molecule has 3 heterocycles. The second kappa shape index (κ2) is 7.82. The maximum atomic E-state index is 12.8. The highest BCUT2D eigenvalue weighted by Gasteiger charge is 2.37. The van der Waals surface area contributed by atoms with Crippen LogP contribution in [-0.4, -0.2) is 64.2 Å². The van der Waals surface area contributed by atoms with E-state index in [4.69, 9.17) is 0 Å². The van der Waals surface area contributed by atoms with E-state index in [0.29, 0.717) is 5.92 Å². The van der Waals surface area contributed by atoms with Gasteiger partial charge in [-0.2, -0.15) is 5.10 Å². The maximum absolute atomic E-state index is 12.8. The van der Waals surface area contributed by atoms with Crippen LogP contribution in [-0.2, 0) is 0 Å². The molecule has 0 saturated carbocycles. The van der Waals surface area contributed by atoms with Crippen LogP contribution < -0.4 is 4.90 Å². The molecular weight excluding hydrogens is 376 g/mol. The number of amides is 2. The molecule has 3 aromatic rings. The number of likely N-dealkylation sites (tertiary alicyclic amines) is 2. The highest BCUT2D eigenvalue weighted by atomic mass is 16.2. The van der Waals surface area contributed by atoms with Gasteiger partial charge in [-0.15, -0.1) is 0 Å². The topological polar surface area (TPSA) is 68.4 Å². The van der Waals surface area contributed by atoms with E-state index in [2.05, 4.69) is 63.5 Å². The van der Waals surface area contributed by atoms with Crippen LogP contribution in [0.25, 0.3) is 0 Å². The largest absolute Gasteiger partial charge is 0.345 e. The summed E-state index contributed by atoms with van der Waals surface area (Å²) < 4.78 is 0. The van der Waals surface area contributed by atoms with Crippen molar-refractivity contribution in [1.29, 1.82) is 0 Å². The lowest BCUT2D eigenvalue weighted by Crippen LogP contribution is -2.53. The molecule has 7 heteroatoms. The van der Waals surface area contributed by atoms with E-state index < -0.39 is 0 Å². The normalized spacial score (nSPS) is 19.0. The monoisotopic (exact) mass is 402 g/mol. The van der Waals surface area contributed by atoms with Gasteiger partial charge in [-0.1, -0.05) is 30.3 Å². The van der Waals surface area contributed by atoms with Crippen LogP contribution in [0.2, 0.25) is 0 Å². The van der Waals surface area contributed by atoms with Crippen molar-refractivity contribution >= 4 is 17.4 Å². The second-order valence-electron chi connectivity index (χ2n) is 8.17. The summed E-state index contributed by atoms with van der Waals surface area (Å²) in [5, 5.41) is 6.85. The molecule has 0 spiro atoms. The molecule has 0 radical (unpaired) electrons. The number of urea groups is 1. The molecular formula is C23H26N6O. The standard InChI is InChI=1S/C23H26N6O/c1-27(20-5-3-2-4-6-20)21-9-7-17(8-10-21)19-14-29(15-19)23(30)28-12-11-18(13-28)22-24-16-25-26-22/h2-10,16,18-19H,11-15H2,1H3,(H,24,25,26). The fourth-order valence-corrected chi connectivity index (χ4v) is 4.39. The average Bonchev–Trinajstić information content (AvgIpc) is 3.45. The molecule has 154 valence electrons. The minimum absolute atomic E-state index is 0.147. The minimum atomic E-state index is 0.147. The number of benzene rings is 2. The van der Waals surface area contributed by atoms with Gasteiger partial charge in [0.05, 0.1) is 0 Å². The second-order valence-corrected chi connectivity index (χ2v) is 8.17. The van der Waals surface area contributed by atoms with Crippen molar-refractivity contribution in [2.45, 2.75) is 18.3 Å². The third-order valence-electron chi connectivity index (χ3n) is 6.33. The first-order valence-corrected chi connectivity index (χ1v) is 10.5. The molecule has 30 heavy (non-hydrogen) atoms. The number of hydrogen-bond acceptors (Lipinski definition) is 4. The predicted octanol–water partition coefficient (Wildman–Crippen LogP) is 3.58. The lowest BCUT2D eigenvalue weighted by Gasteiger charge is -2.41. The number of aromatic nitrogens is 3. The van der Waals surface area contributed by atoms with Crippen molar-refractivity contribution < 1.29 is 4.79 Å². The SMILES string of the molecule is CN(c1ccccc1)c1ccc(C2CN(C(=O)N3CCC(c4ncn[nH]4)C3)C2)cc1. The molecule has 1 N–H and O–H groups in total. The fraction of sp³-hybridized carbons (Fsp3) is 0.348. The van der Waals surface area contributed by atoms with Gasteiger partial charge in [0.15, 0.2) is 0 Å². The molecule has 1 atom stereocenters. The van der Waals surface area contributed by atoms with Crippen molar-refractivity contribution in [3.8, 4) is 0 Å². The molecule has 1 unspecified atom stereocenters. The molecule has 0 aliphatic carbocycles. The first kappa shape index (κ1) is 18.7. The summed E-state index contributed by atoms with van der Waals surface area (Å²) in [6, 6.07) is 19.2. The molecule has 2 aliphatic rings. The van der Waals surface area contributed by atoms with Gasteiger partial charge in [0.25, 0.3) is 0 Å². The zero-order chi connectivity index (χ0) is 20.5. The third-order valence-corrected chi connectivity index (χ3v) is 6.33. The summed E-state index contributed by atoms with van der Waals surface area (Å²) in [7, 11) is 2.08. The van der Waals surface area contributed by atoms with Gasteiger partial charge >= 0.3 is 6.03 Å². The average molecular weight is 403 g/mol. The zero-order valence-electron chi connectivity index (χ0n) is 17.1. The number of carbonyl (C=O) groups is 1. The number of aromatic amines is 1. The summed E-state index contributed by atoms with van der Waals surface area (Å²) in [4.78, 5) is 23.1. The van der Waals surface area contributed by atoms with Gasteiger partial charge in [0, 0.05) is 56.4 Å². The van der Waals surface area contributed by atoms with Gasteiger partial charge in [0.2, 0.25) is 0 Å². The Morgan fingerprint density at radius 3 is 2.37 bits per heavy atom. The van der Waals surface area contributed by atoms with E-state index in [0.717, 1.165) is 44.1 Å². The number of nitrogens with one attached hydrogen (secondary N) is 1. The molecule has 7 nitrogen and oxygen atoms in total. The van der Waals surface area contributed by atoms with Crippen molar-refractivity contribution in [2.24, 2.45) is 0 Å². The quantitative estimate of drug-likeness (QED) is 0.724. The summed E-state index contributed by atoms with van der Waals surface area (Å²) >= 11 is 0. The smallest absolute Gasteiger partial charge is 0.320 e. The van der Waals surface area contributed by atoms with Crippen molar-refractivity contribution in [1.82, 2.24) is 25.0 Å². The van der Waals surface area contributed by atoms with E-state index in [1.165, 1.54) is 17.6 Å². The molecule has 2 aromatic carbocycles. The van der Waals surface area contributed by atoms with Crippen molar-refractivity contribution in [3.05, 3.63) is 72.3 Å². The Morgan fingerprint density at radius 2 is 1.67 bits per heavy atom. The highest BCUT2D eigenvalue weighted by Crippen LogP contribution is 2.32. The Bertz CT molecular complexity index is 982. The van der Waals surface area contributed by atoms with E-state index in [1.807, 2.05) is 28.0 Å². The first-order valence-electron chi connectivity index (χ1n) is 10.5. The Kier molecular flexibility index (Phi) is 4.86. The molecule has 2 amide bonds. The van der Waals surface area contributed by atoms with E-state index in [9.17, 15) is 4.79 Å². The van der Waals surface area contributed by atoms with E-state index in [1.54, 1.807) is 0 Å². The molecule has 2 saturated heterocycles. The Labute approximate surface area is 176 Å². The van der Waals surface area contributed by atoms with Gasteiger partial charge in [-0.25, -0.2) is 9.78 Å². The van der Waals surface area contributed by atoms with Crippen LogP contribution in [0.15, 0.2) is 60.9 Å². The van der Waals surface area contributed by atoms with Crippen LogP contribution in [0.1, 0.15) is 29.6 Å². The van der Waals surface area contributed by atoms with Crippen LogP contribution in [0.3, 0.4) is 0 Å². The maximum Gasteiger partial charge on any atom is 0.320 e. The van der Waals surface area contributed by atoms with Crippen LogP contribution in [0, 0.1) is 0 Å². The van der Waals surface area contributed by atoms with Crippen LogP contribution in [0.5, 0.6) is 0 Å². The van der Waals surface area contributed by atoms with Gasteiger partial charge < -0.3 is 14.7 Å². The first-order chi connectivity index (χ1) is 14.7. The number of hydrogen-bond donors (Lipinski definition) is 1. The minimum Gasteiger partial charge on any atom is -0.345 e. The Hall–Kier alpha value is -3.35. The lowest BCUT2D eigenvalue weighted by atomic mass is 9.91. The van der Waals surface area contributed by atoms with Crippen LogP contribution >= 0.6 is 0 Å². The number of nitrogens with zero attached hydrogens (tertiary/aromatic N) is 5. The summed E-state index contributed by atoms with van der Waals surface area (Å²) in [6.45, 7) is 3.08. The zero-order valence-corrected chi connectivity index (χ0v) is 17.1. The molecule has 0 bridgehead atoms. The number of rotatable bonds is 4. The van der Waals surface area contributed by atoms with E-state index in [-0.39, 0.29) is 11.9 Å². The lowest BCUT2D eigenvalue weighted by molar-refractivity contribution is 0.121. The predicted molar refractivity (Wildman–Crippen MR) is 116 cm³/mol. The van der Waals surface area contributed by atoms with Gasteiger partial charge in [-0.05, 0) is 36.2 Å². The number of anilines is 2. The number of carbonyl (C=O) groups excluding carboxylic acids is 1. The molecule has 2 fully saturated rings. The van der Waals surface area contributed by atoms with Gasteiger partial charge in [0.1, 0.15) is 12.2 Å². The molecule has 1 aromatic heterocycles. The van der Waals surface area contributed by atoms with Gasteiger partial charge in [-0.3, -0.25) is 5.10 Å². The van der Waals surface area contributed by atoms with Crippen molar-refractivity contribution in [3.63, 3.8) is 0 Å². The summed E-state index contributed by atoms with van der Waals surface area (Å²) in [5.74, 6) is 1.56. The molecule has 5 rings (SSSR count). The Balaban J connectivity index is 1.15. The van der Waals surface area contributed by atoms with E-state index >= 15 is 0 Å². The molecule has 2 aliphatic heterocycles. The fourth-order valence-electron chi connectivity index (χ4n) is 4.39. The van der Waals surface area contributed by atoms with Crippen LogP contribution in [0.4, 0.5) is 16.2 Å². The summed E-state index contributed by atoms with van der Waals surface area (Å²) in [5.41, 5.74) is 3.62. The third kappa shape index (κ3) is 3.51.